The molecule has 10 heteroatoms. The van der Waals surface area contributed by atoms with Crippen molar-refractivity contribution in [3.05, 3.63) is 35.9 Å². The summed E-state index contributed by atoms with van der Waals surface area (Å²) in [6, 6.07) is 10.4. The molecule has 3 atom stereocenters. The number of anilines is 2. The van der Waals surface area contributed by atoms with Crippen LogP contribution < -0.4 is 10.3 Å². The van der Waals surface area contributed by atoms with Gasteiger partial charge in [-0.15, -0.1) is 0 Å². The van der Waals surface area contributed by atoms with Gasteiger partial charge < -0.3 is 19.5 Å². The number of aromatic nitrogens is 2. The molecule has 3 unspecified atom stereocenters. The molecule has 2 fully saturated rings. The number of hydrogen-bond donors (Lipinski definition) is 2. The number of methoxy groups -OCH3 is 1. The molecule has 9 nitrogen and oxygen atoms in total. The van der Waals surface area contributed by atoms with Gasteiger partial charge in [-0.25, -0.2) is 9.80 Å². The highest BCUT2D eigenvalue weighted by Crippen LogP contribution is 2.36. The summed E-state index contributed by atoms with van der Waals surface area (Å²) in [6.45, 7) is 4.58. The quantitative estimate of drug-likeness (QED) is 0.286. The number of amides is 1. The Labute approximate surface area is 230 Å². The molecule has 2 aromatic rings. The Hall–Kier alpha value is -2.43. The van der Waals surface area contributed by atoms with E-state index in [0.29, 0.717) is 19.0 Å². The zero-order chi connectivity index (χ0) is 26.7. The number of nitrogens with zero attached hydrogens (tertiary/aromatic N) is 4. The van der Waals surface area contributed by atoms with Crippen molar-refractivity contribution in [3.8, 4) is 0 Å². The van der Waals surface area contributed by atoms with Crippen molar-refractivity contribution >= 4 is 29.5 Å². The fourth-order valence-electron chi connectivity index (χ4n) is 5.71. The maximum absolute atomic E-state index is 12.0. The second-order valence-electron chi connectivity index (χ2n) is 10.7. The van der Waals surface area contributed by atoms with Crippen LogP contribution in [0, 0.1) is 11.8 Å². The van der Waals surface area contributed by atoms with Crippen molar-refractivity contribution in [1.29, 1.82) is 0 Å². The summed E-state index contributed by atoms with van der Waals surface area (Å²) in [6.07, 6.45) is 9.41. The van der Waals surface area contributed by atoms with Gasteiger partial charge in [-0.05, 0) is 44.1 Å². The number of ether oxygens (including phenoxy) is 2. The van der Waals surface area contributed by atoms with Crippen LogP contribution in [0.2, 0.25) is 0 Å². The lowest BCUT2D eigenvalue weighted by Gasteiger charge is -2.37. The number of hydrazine groups is 1. The number of rotatable bonds is 13. The molecule has 38 heavy (non-hydrogen) atoms. The minimum absolute atomic E-state index is 0.0135. The van der Waals surface area contributed by atoms with E-state index >= 15 is 0 Å². The molecule has 0 spiro atoms. The Morgan fingerprint density at radius 1 is 1.18 bits per heavy atom. The van der Waals surface area contributed by atoms with Gasteiger partial charge in [0.05, 0.1) is 30.5 Å². The van der Waals surface area contributed by atoms with Crippen LogP contribution in [-0.4, -0.2) is 64.4 Å². The molecule has 1 aromatic carbocycles. The summed E-state index contributed by atoms with van der Waals surface area (Å²) < 4.78 is 20.9. The average molecular weight is 546 g/mol. The van der Waals surface area contributed by atoms with E-state index in [9.17, 15) is 9.90 Å². The Morgan fingerprint density at radius 3 is 2.71 bits per heavy atom. The summed E-state index contributed by atoms with van der Waals surface area (Å²) in [5.74, 6) is 2.22. The van der Waals surface area contributed by atoms with Gasteiger partial charge in [-0.1, -0.05) is 62.4 Å². The molecule has 1 aliphatic carbocycles. The van der Waals surface area contributed by atoms with Crippen LogP contribution in [0.3, 0.4) is 0 Å². The predicted molar refractivity (Wildman–Crippen MR) is 151 cm³/mol. The van der Waals surface area contributed by atoms with E-state index in [0.717, 1.165) is 67.8 Å². The van der Waals surface area contributed by atoms with Crippen LogP contribution in [0.4, 0.5) is 16.4 Å². The molecular formula is C28H43N5O4S. The van der Waals surface area contributed by atoms with Gasteiger partial charge in [0.1, 0.15) is 0 Å². The molecule has 2 N–H and O–H groups in total. The highest BCUT2D eigenvalue weighted by molar-refractivity contribution is 6.99. The summed E-state index contributed by atoms with van der Waals surface area (Å²) in [7, 11) is 1.70. The summed E-state index contributed by atoms with van der Waals surface area (Å²) in [5, 5.41) is 11.1. The molecule has 1 aromatic heterocycles. The van der Waals surface area contributed by atoms with E-state index in [1.165, 1.54) is 37.1 Å². The minimum Gasteiger partial charge on any atom is -0.464 e. The van der Waals surface area contributed by atoms with Crippen molar-refractivity contribution in [2.45, 2.75) is 76.9 Å². The van der Waals surface area contributed by atoms with E-state index in [2.05, 4.69) is 31.2 Å². The smallest absolute Gasteiger partial charge is 0.426 e. The van der Waals surface area contributed by atoms with Crippen LogP contribution in [-0.2, 0) is 9.47 Å². The highest BCUT2D eigenvalue weighted by Gasteiger charge is 2.32. The minimum atomic E-state index is -0.992. The van der Waals surface area contributed by atoms with Crippen LogP contribution in [0.15, 0.2) is 30.3 Å². The predicted octanol–water partition coefficient (Wildman–Crippen LogP) is 6.21. The van der Waals surface area contributed by atoms with Crippen LogP contribution in [0.1, 0.15) is 76.4 Å². The van der Waals surface area contributed by atoms with Crippen LogP contribution in [0.5, 0.6) is 0 Å². The molecule has 0 radical (unpaired) electrons. The third-order valence-electron chi connectivity index (χ3n) is 7.89. The third-order valence-corrected chi connectivity index (χ3v) is 8.41. The number of hydrogen-bond acceptors (Lipinski definition) is 8. The van der Waals surface area contributed by atoms with Crippen molar-refractivity contribution < 1.29 is 19.4 Å². The largest absolute Gasteiger partial charge is 0.464 e. The van der Waals surface area contributed by atoms with Crippen molar-refractivity contribution in [1.82, 2.24) is 13.8 Å². The zero-order valence-electron chi connectivity index (χ0n) is 22.8. The fourth-order valence-corrected chi connectivity index (χ4v) is 6.23. The van der Waals surface area contributed by atoms with E-state index in [1.54, 1.807) is 7.11 Å². The molecular weight excluding hydrogens is 502 g/mol. The maximum Gasteiger partial charge on any atom is 0.426 e. The molecule has 210 valence electrons. The molecule has 1 amide bonds. The number of benzene rings is 1. The number of piperidine rings is 1. The average Bonchev–Trinajstić information content (AvgIpc) is 3.42. The Kier molecular flexibility index (Phi) is 11.0. The first kappa shape index (κ1) is 28.6. The lowest BCUT2D eigenvalue weighted by molar-refractivity contribution is -0.0461. The second kappa shape index (κ2) is 14.6. The number of carbonyl (C=O) groups is 1. The standard InChI is InChI=1S/C28H43N5O4S/c1-21(36-2)20-37-25(23-14-7-4-8-15-23)24-16-10-17-32(19-24)27-26(30-38-31-27)29-33(28(34)35)18-9-13-22-11-5-3-6-12-22/h4,7-8,14-15,21-22,24-25H,3,5-6,9-13,16-20H2,1-2H3,(H,29,30)(H,34,35). The lowest BCUT2D eigenvalue weighted by atomic mass is 9.86. The Balaban J connectivity index is 1.40. The molecule has 0 bridgehead atoms. The maximum atomic E-state index is 12.0. The van der Waals surface area contributed by atoms with Gasteiger partial charge in [-0.2, -0.15) is 8.75 Å². The van der Waals surface area contributed by atoms with Gasteiger partial charge >= 0.3 is 6.09 Å². The number of nitrogens with one attached hydrogen (secondary N) is 1. The van der Waals surface area contributed by atoms with Crippen LogP contribution in [0.25, 0.3) is 0 Å². The molecule has 1 saturated heterocycles. The third kappa shape index (κ3) is 8.04. The first-order valence-electron chi connectivity index (χ1n) is 14.1. The topological polar surface area (TPSA) is 100 Å². The van der Waals surface area contributed by atoms with Crippen molar-refractivity contribution in [2.24, 2.45) is 11.8 Å². The summed E-state index contributed by atoms with van der Waals surface area (Å²) >= 11 is 1.11. The molecule has 2 heterocycles. The van der Waals surface area contributed by atoms with E-state index in [1.807, 2.05) is 25.1 Å². The highest BCUT2D eigenvalue weighted by atomic mass is 32.1. The van der Waals surface area contributed by atoms with Gasteiger partial charge in [0.15, 0.2) is 5.82 Å². The zero-order valence-corrected chi connectivity index (χ0v) is 23.6. The Morgan fingerprint density at radius 2 is 1.97 bits per heavy atom. The summed E-state index contributed by atoms with van der Waals surface area (Å²) in [4.78, 5) is 14.2. The van der Waals surface area contributed by atoms with Crippen LogP contribution >= 0.6 is 11.7 Å². The van der Waals surface area contributed by atoms with E-state index < -0.39 is 6.09 Å². The molecule has 2 aliphatic rings. The molecule has 4 rings (SSSR count). The van der Waals surface area contributed by atoms with Crippen molar-refractivity contribution in [2.75, 3.05) is 43.7 Å². The fraction of sp³-hybridized carbons (Fsp3) is 0.679. The monoisotopic (exact) mass is 545 g/mol. The second-order valence-corrected chi connectivity index (χ2v) is 11.2. The van der Waals surface area contributed by atoms with Gasteiger partial charge in [-0.3, -0.25) is 5.43 Å². The first-order valence-corrected chi connectivity index (χ1v) is 14.8. The molecule has 1 saturated carbocycles. The van der Waals surface area contributed by atoms with Gasteiger partial charge in [0.25, 0.3) is 0 Å². The summed E-state index contributed by atoms with van der Waals surface area (Å²) in [5.41, 5.74) is 4.23. The lowest BCUT2D eigenvalue weighted by Crippen LogP contribution is -2.41. The van der Waals surface area contributed by atoms with Gasteiger partial charge in [0, 0.05) is 32.7 Å². The van der Waals surface area contributed by atoms with Crippen molar-refractivity contribution in [3.63, 3.8) is 0 Å². The Bertz CT molecular complexity index is 971. The number of carboxylic acid groups (broad SMARTS) is 1. The van der Waals surface area contributed by atoms with E-state index in [4.69, 9.17) is 9.47 Å². The SMILES string of the molecule is COC(C)COC(c1ccccc1)C1CCCN(c2nsnc2NN(CCCC2CCCCC2)C(=O)O)C1. The van der Waals surface area contributed by atoms with E-state index in [-0.39, 0.29) is 18.1 Å². The molecule has 1 aliphatic heterocycles. The van der Waals surface area contributed by atoms with Gasteiger partial charge in [0.2, 0.25) is 5.82 Å². The normalized spacial score (nSPS) is 20.2. The first-order chi connectivity index (χ1) is 18.5.